The first-order valence-corrected chi connectivity index (χ1v) is 13.9. The molecular weight excluding hydrogens is 585 g/mol. The number of carbonyl (C=O) groups is 4. The first kappa shape index (κ1) is 28.2. The average Bonchev–Trinajstić information content (AvgIpc) is 3.57. The second-order valence-corrected chi connectivity index (χ2v) is 10.9. The van der Waals surface area contributed by atoms with Crippen LogP contribution in [0.3, 0.4) is 0 Å². The molecule has 8 nitrogen and oxygen atoms in total. The zero-order valence-electron chi connectivity index (χ0n) is 21.2. The molecule has 206 valence electrons. The number of nitrogens with one attached hydrogen (secondary N) is 2. The molecule has 0 bridgehead atoms. The second-order valence-electron chi connectivity index (χ2n) is 8.82. The van der Waals surface area contributed by atoms with E-state index in [0.717, 1.165) is 4.90 Å². The summed E-state index contributed by atoms with van der Waals surface area (Å²) in [6.07, 6.45) is 2.84. The molecule has 0 spiro atoms. The van der Waals surface area contributed by atoms with Crippen molar-refractivity contribution in [2.24, 2.45) is 0 Å². The van der Waals surface area contributed by atoms with Crippen LogP contribution >= 0.6 is 35.0 Å². The first-order valence-electron chi connectivity index (χ1n) is 12.3. The van der Waals surface area contributed by atoms with E-state index in [9.17, 15) is 19.2 Å². The maximum atomic E-state index is 13.2. The van der Waals surface area contributed by atoms with Crippen molar-refractivity contribution in [1.82, 2.24) is 5.32 Å². The van der Waals surface area contributed by atoms with Gasteiger partial charge in [0.15, 0.2) is 0 Å². The fourth-order valence-electron chi connectivity index (χ4n) is 4.10. The van der Waals surface area contributed by atoms with Crippen LogP contribution in [0.25, 0.3) is 6.08 Å². The molecule has 11 heteroatoms. The molecule has 1 aliphatic heterocycles. The number of thioether (sulfide) groups is 1. The highest BCUT2D eigenvalue weighted by molar-refractivity contribution is 8.00. The second kappa shape index (κ2) is 12.5. The number of furan rings is 1. The highest BCUT2D eigenvalue weighted by atomic mass is 35.5. The van der Waals surface area contributed by atoms with Crippen molar-refractivity contribution in [1.29, 1.82) is 0 Å². The van der Waals surface area contributed by atoms with Crippen molar-refractivity contribution < 1.29 is 23.6 Å². The molecule has 1 atom stereocenters. The lowest BCUT2D eigenvalue weighted by molar-refractivity contribution is -0.121. The lowest BCUT2D eigenvalue weighted by Crippen LogP contribution is -2.31. The third-order valence-electron chi connectivity index (χ3n) is 6.00. The number of amides is 4. The maximum Gasteiger partial charge on any atom is 0.272 e. The molecule has 3 aromatic carbocycles. The van der Waals surface area contributed by atoms with Crippen molar-refractivity contribution >= 4 is 76.0 Å². The SMILES string of the molecule is O=C(Nc1cccc(S[C@H]2CC(=O)N(c3c(Cl)cccc3Cl)C2=O)c1)/C(=C\c1ccco1)NC(=O)c1ccccc1. The van der Waals surface area contributed by atoms with E-state index in [-0.39, 0.29) is 27.9 Å². The van der Waals surface area contributed by atoms with Gasteiger partial charge in [0.1, 0.15) is 11.5 Å². The number of benzene rings is 3. The third kappa shape index (κ3) is 6.54. The molecule has 4 amide bonds. The van der Waals surface area contributed by atoms with Gasteiger partial charge in [0.2, 0.25) is 11.8 Å². The van der Waals surface area contributed by atoms with Crippen molar-refractivity contribution in [3.63, 3.8) is 0 Å². The van der Waals surface area contributed by atoms with Crippen LogP contribution in [-0.2, 0) is 14.4 Å². The maximum absolute atomic E-state index is 13.2. The van der Waals surface area contributed by atoms with Crippen LogP contribution in [-0.4, -0.2) is 28.9 Å². The largest absolute Gasteiger partial charge is 0.465 e. The summed E-state index contributed by atoms with van der Waals surface area (Å²) in [5.41, 5.74) is 0.938. The molecule has 0 unspecified atom stereocenters. The Morgan fingerprint density at radius 1 is 0.927 bits per heavy atom. The number of hydrogen-bond donors (Lipinski definition) is 2. The minimum atomic E-state index is -0.708. The highest BCUT2D eigenvalue weighted by Crippen LogP contribution is 2.40. The molecule has 5 rings (SSSR count). The molecule has 1 saturated heterocycles. The molecule has 1 fully saturated rings. The summed E-state index contributed by atoms with van der Waals surface area (Å²) in [6.45, 7) is 0. The summed E-state index contributed by atoms with van der Waals surface area (Å²) >= 11 is 13.7. The predicted molar refractivity (Wildman–Crippen MR) is 159 cm³/mol. The van der Waals surface area contributed by atoms with Gasteiger partial charge in [-0.1, -0.05) is 53.5 Å². The Hall–Kier alpha value is -4.31. The van der Waals surface area contributed by atoms with Crippen molar-refractivity contribution in [2.75, 3.05) is 10.2 Å². The number of para-hydroxylation sites is 1. The summed E-state index contributed by atoms with van der Waals surface area (Å²) in [7, 11) is 0. The summed E-state index contributed by atoms with van der Waals surface area (Å²) in [5.74, 6) is -1.51. The Morgan fingerprint density at radius 3 is 2.37 bits per heavy atom. The van der Waals surface area contributed by atoms with Gasteiger partial charge in [0.25, 0.3) is 11.8 Å². The molecule has 0 saturated carbocycles. The molecule has 0 aliphatic carbocycles. The van der Waals surface area contributed by atoms with Crippen molar-refractivity contribution in [3.05, 3.63) is 118 Å². The molecule has 1 aromatic heterocycles. The van der Waals surface area contributed by atoms with Gasteiger partial charge in [-0.2, -0.15) is 0 Å². The van der Waals surface area contributed by atoms with Crippen LogP contribution in [0.4, 0.5) is 11.4 Å². The van der Waals surface area contributed by atoms with Gasteiger partial charge in [-0.05, 0) is 54.6 Å². The third-order valence-corrected chi connectivity index (χ3v) is 7.78. The summed E-state index contributed by atoms with van der Waals surface area (Å²) < 4.78 is 5.33. The van der Waals surface area contributed by atoms with Gasteiger partial charge in [0, 0.05) is 28.6 Å². The molecule has 0 radical (unpaired) electrons. The number of rotatable bonds is 8. The van der Waals surface area contributed by atoms with Crippen LogP contribution in [0.15, 0.2) is 106 Å². The summed E-state index contributed by atoms with van der Waals surface area (Å²) in [4.78, 5) is 53.6. The number of carbonyl (C=O) groups excluding carboxylic acids is 4. The van der Waals surface area contributed by atoms with E-state index in [1.165, 1.54) is 24.1 Å². The Bertz CT molecular complexity index is 1640. The van der Waals surface area contributed by atoms with Crippen LogP contribution in [0.2, 0.25) is 10.0 Å². The molecular formula is C30H21Cl2N3O5S. The van der Waals surface area contributed by atoms with Gasteiger partial charge in [-0.15, -0.1) is 11.8 Å². The zero-order valence-corrected chi connectivity index (χ0v) is 23.5. The number of nitrogens with zero attached hydrogens (tertiary/aromatic N) is 1. The quantitative estimate of drug-likeness (QED) is 0.177. The lowest BCUT2D eigenvalue weighted by atomic mass is 10.2. The van der Waals surface area contributed by atoms with Crippen LogP contribution in [0, 0.1) is 0 Å². The first-order chi connectivity index (χ1) is 19.8. The number of anilines is 2. The van der Waals surface area contributed by atoms with E-state index in [1.807, 2.05) is 0 Å². The molecule has 4 aromatic rings. The molecule has 41 heavy (non-hydrogen) atoms. The van der Waals surface area contributed by atoms with E-state index < -0.39 is 28.9 Å². The average molecular weight is 606 g/mol. The smallest absolute Gasteiger partial charge is 0.272 e. The predicted octanol–water partition coefficient (Wildman–Crippen LogP) is 6.42. The monoisotopic (exact) mass is 605 g/mol. The highest BCUT2D eigenvalue weighted by Gasteiger charge is 2.41. The minimum absolute atomic E-state index is 0.0318. The number of halogens is 2. The number of hydrogen-bond acceptors (Lipinski definition) is 6. The van der Waals surface area contributed by atoms with Gasteiger partial charge in [-0.25, -0.2) is 4.90 Å². The standard InChI is InChI=1S/C30H21Cl2N3O5S/c31-22-12-5-13-23(32)27(22)35-26(36)17-25(30(35)39)41-21-11-4-9-19(15-21)33-29(38)24(16-20-10-6-14-40-20)34-28(37)18-7-2-1-3-8-18/h1-16,25H,17H2,(H,33,38)(H,34,37)/b24-16+/t25-/m0/s1. The Kier molecular flexibility index (Phi) is 8.58. The Balaban J connectivity index is 1.31. The van der Waals surface area contributed by atoms with E-state index in [1.54, 1.807) is 84.9 Å². The fourth-order valence-corrected chi connectivity index (χ4v) is 5.78. The Morgan fingerprint density at radius 2 is 1.66 bits per heavy atom. The van der Waals surface area contributed by atoms with Gasteiger partial charge < -0.3 is 15.1 Å². The van der Waals surface area contributed by atoms with Crippen LogP contribution in [0.5, 0.6) is 0 Å². The minimum Gasteiger partial charge on any atom is -0.465 e. The van der Waals surface area contributed by atoms with Crippen molar-refractivity contribution in [3.8, 4) is 0 Å². The molecule has 1 aliphatic rings. The summed E-state index contributed by atoms with van der Waals surface area (Å²) in [5, 5.41) is 5.11. The number of imide groups is 1. The lowest BCUT2D eigenvalue weighted by Gasteiger charge is -2.18. The molecule has 2 N–H and O–H groups in total. The zero-order chi connectivity index (χ0) is 28.9. The van der Waals surface area contributed by atoms with Crippen molar-refractivity contribution in [2.45, 2.75) is 16.6 Å². The normalized spacial score (nSPS) is 15.2. The molecule has 2 heterocycles. The van der Waals surface area contributed by atoms with Gasteiger partial charge in [-0.3, -0.25) is 19.2 Å². The van der Waals surface area contributed by atoms with E-state index in [0.29, 0.717) is 21.9 Å². The van der Waals surface area contributed by atoms with Crippen LogP contribution < -0.4 is 15.5 Å². The summed E-state index contributed by atoms with van der Waals surface area (Å²) in [6, 6.07) is 23.4. The van der Waals surface area contributed by atoms with E-state index >= 15 is 0 Å². The topological polar surface area (TPSA) is 109 Å². The van der Waals surface area contributed by atoms with E-state index in [2.05, 4.69) is 10.6 Å². The van der Waals surface area contributed by atoms with Gasteiger partial charge in [0.05, 0.1) is 27.2 Å². The van der Waals surface area contributed by atoms with Crippen LogP contribution in [0.1, 0.15) is 22.5 Å². The Labute approximate surface area is 249 Å². The van der Waals surface area contributed by atoms with Gasteiger partial charge >= 0.3 is 0 Å². The van der Waals surface area contributed by atoms with E-state index in [4.69, 9.17) is 27.6 Å². The fraction of sp³-hybridized carbons (Fsp3) is 0.0667.